The van der Waals surface area contributed by atoms with E-state index in [2.05, 4.69) is 17.4 Å². The van der Waals surface area contributed by atoms with Crippen LogP contribution in [0.5, 0.6) is 5.75 Å². The number of benzene rings is 1. The Morgan fingerprint density at radius 1 is 1.02 bits per heavy atom. The molecular weight excluding hydrogens is 586 g/mol. The van der Waals surface area contributed by atoms with Gasteiger partial charge in [-0.3, -0.25) is 14.4 Å². The quantitative estimate of drug-likeness (QED) is 0.108. The van der Waals surface area contributed by atoms with Crippen LogP contribution < -0.4 is 10.1 Å². The van der Waals surface area contributed by atoms with Gasteiger partial charge in [0.2, 0.25) is 5.78 Å². The monoisotopic (exact) mass is 629 g/mol. The summed E-state index contributed by atoms with van der Waals surface area (Å²) in [6.07, 6.45) is 13.7. The third kappa shape index (κ3) is 8.20. The number of halogens is 1. The van der Waals surface area contributed by atoms with E-state index in [1.54, 1.807) is 12.1 Å². The van der Waals surface area contributed by atoms with Crippen molar-refractivity contribution in [2.75, 3.05) is 11.9 Å². The van der Waals surface area contributed by atoms with Crippen LogP contribution in [0.1, 0.15) is 120 Å². The standard InChI is InChI=1S/C33H44ClN3O7/c1-4-5-6-7-8-9-10-11-12-15-20-42-26-19-18-22(34)21-24(26)35-30(39)28(37-31(40)33(2,3)43-32(37)41)29(38)27-23-16-13-14-17-25(23)44-36-27/h18-19,21,28H,4-17,20H2,1-3H3,(H,35,39). The van der Waals surface area contributed by atoms with Crippen molar-refractivity contribution >= 4 is 41.0 Å². The molecule has 44 heavy (non-hydrogen) atoms. The Labute approximate surface area is 264 Å². The zero-order valence-electron chi connectivity index (χ0n) is 26.0. The predicted molar refractivity (Wildman–Crippen MR) is 166 cm³/mol. The Bertz CT molecular complexity index is 1340. The Morgan fingerprint density at radius 2 is 1.68 bits per heavy atom. The van der Waals surface area contributed by atoms with Crippen LogP contribution in [0.4, 0.5) is 10.5 Å². The van der Waals surface area contributed by atoms with Gasteiger partial charge < -0.3 is 19.3 Å². The summed E-state index contributed by atoms with van der Waals surface area (Å²) >= 11 is 6.25. The Morgan fingerprint density at radius 3 is 2.34 bits per heavy atom. The average molecular weight is 630 g/mol. The van der Waals surface area contributed by atoms with Gasteiger partial charge in [-0.05, 0) is 57.7 Å². The van der Waals surface area contributed by atoms with Crippen molar-refractivity contribution in [2.45, 2.75) is 122 Å². The smallest absolute Gasteiger partial charge is 0.418 e. The number of Topliss-reactive ketones (excluding diaryl/α,β-unsaturated/α-hetero) is 1. The molecule has 1 aliphatic heterocycles. The van der Waals surface area contributed by atoms with Crippen molar-refractivity contribution in [3.05, 3.63) is 40.2 Å². The molecule has 0 bridgehead atoms. The molecule has 1 aromatic heterocycles. The molecule has 0 saturated carbocycles. The molecule has 1 aliphatic carbocycles. The van der Waals surface area contributed by atoms with Crippen molar-refractivity contribution in [3.63, 3.8) is 0 Å². The number of imide groups is 1. The number of amides is 3. The molecule has 1 fully saturated rings. The molecule has 0 radical (unpaired) electrons. The van der Waals surface area contributed by atoms with E-state index in [0.717, 1.165) is 32.1 Å². The maximum Gasteiger partial charge on any atom is 0.418 e. The molecule has 1 saturated heterocycles. The number of nitrogens with zero attached hydrogens (tertiary/aromatic N) is 2. The van der Waals surface area contributed by atoms with Crippen molar-refractivity contribution in [1.29, 1.82) is 0 Å². The third-order valence-electron chi connectivity index (χ3n) is 8.17. The normalized spacial score (nSPS) is 16.4. The van der Waals surface area contributed by atoms with Crippen molar-refractivity contribution < 1.29 is 33.2 Å². The fourth-order valence-electron chi connectivity index (χ4n) is 5.67. The highest BCUT2D eigenvalue weighted by Crippen LogP contribution is 2.32. The van der Waals surface area contributed by atoms with Crippen LogP contribution in [0.3, 0.4) is 0 Å². The minimum absolute atomic E-state index is 0.0614. The van der Waals surface area contributed by atoms with E-state index in [-0.39, 0.29) is 11.4 Å². The van der Waals surface area contributed by atoms with Gasteiger partial charge in [-0.2, -0.15) is 0 Å². The molecule has 2 aliphatic rings. The first-order valence-electron chi connectivity index (χ1n) is 16.0. The fraction of sp³-hybridized carbons (Fsp3) is 0.606. The molecule has 1 aromatic carbocycles. The van der Waals surface area contributed by atoms with E-state index in [4.69, 9.17) is 25.6 Å². The number of ether oxygens (including phenoxy) is 2. The number of cyclic esters (lactones) is 1. The second kappa shape index (κ2) is 15.5. The number of ketones is 1. The van der Waals surface area contributed by atoms with Crippen LogP contribution in [-0.4, -0.2) is 52.0 Å². The Balaban J connectivity index is 1.44. The number of carbonyl (C=O) groups is 4. The van der Waals surface area contributed by atoms with Gasteiger partial charge in [0.1, 0.15) is 11.5 Å². The number of aryl methyl sites for hydroxylation is 1. The molecule has 1 unspecified atom stereocenters. The first-order chi connectivity index (χ1) is 21.1. The van der Waals surface area contributed by atoms with Crippen molar-refractivity contribution in [3.8, 4) is 5.75 Å². The molecule has 2 heterocycles. The number of nitrogens with one attached hydrogen (secondary N) is 1. The van der Waals surface area contributed by atoms with Crippen LogP contribution in [0, 0.1) is 0 Å². The van der Waals surface area contributed by atoms with Crippen LogP contribution in [0.15, 0.2) is 22.7 Å². The minimum Gasteiger partial charge on any atom is -0.491 e. The topological polar surface area (TPSA) is 128 Å². The molecular formula is C33H44ClN3O7. The van der Waals surface area contributed by atoms with E-state index in [0.29, 0.717) is 46.4 Å². The maximum atomic E-state index is 13.9. The van der Waals surface area contributed by atoms with Gasteiger partial charge in [0.05, 0.1) is 12.3 Å². The molecule has 1 atom stereocenters. The average Bonchev–Trinajstić information content (AvgIpc) is 3.50. The summed E-state index contributed by atoms with van der Waals surface area (Å²) in [5, 5.41) is 6.96. The zero-order chi connectivity index (χ0) is 31.7. The largest absolute Gasteiger partial charge is 0.491 e. The van der Waals surface area contributed by atoms with Gasteiger partial charge >= 0.3 is 6.09 Å². The highest BCUT2D eigenvalue weighted by molar-refractivity contribution is 6.31. The summed E-state index contributed by atoms with van der Waals surface area (Å²) in [6, 6.07) is 2.90. The Hall–Kier alpha value is -3.40. The predicted octanol–water partition coefficient (Wildman–Crippen LogP) is 7.45. The van der Waals surface area contributed by atoms with Crippen molar-refractivity contribution in [2.24, 2.45) is 0 Å². The fourth-order valence-corrected chi connectivity index (χ4v) is 5.84. The van der Waals surface area contributed by atoms with Gasteiger partial charge in [-0.25, -0.2) is 9.69 Å². The summed E-state index contributed by atoms with van der Waals surface area (Å²) in [4.78, 5) is 54.4. The maximum absolute atomic E-state index is 13.9. The summed E-state index contributed by atoms with van der Waals surface area (Å²) in [5.41, 5.74) is -0.789. The molecule has 4 rings (SSSR count). The minimum atomic E-state index is -1.87. The summed E-state index contributed by atoms with van der Waals surface area (Å²) in [6.45, 7) is 5.46. The van der Waals surface area contributed by atoms with E-state index in [1.165, 1.54) is 64.9 Å². The number of hydrogen-bond donors (Lipinski definition) is 1. The lowest BCUT2D eigenvalue weighted by molar-refractivity contribution is -0.137. The van der Waals surface area contributed by atoms with E-state index < -0.39 is 35.3 Å². The number of hydrogen-bond acceptors (Lipinski definition) is 8. The van der Waals surface area contributed by atoms with Gasteiger partial charge in [-0.15, -0.1) is 0 Å². The first kappa shape index (κ1) is 33.5. The molecule has 2 aromatic rings. The highest BCUT2D eigenvalue weighted by Gasteiger charge is 2.54. The second-order valence-electron chi connectivity index (χ2n) is 12.1. The van der Waals surface area contributed by atoms with Crippen molar-refractivity contribution in [1.82, 2.24) is 10.1 Å². The zero-order valence-corrected chi connectivity index (χ0v) is 26.8. The number of rotatable bonds is 17. The third-order valence-corrected chi connectivity index (χ3v) is 8.40. The lowest BCUT2D eigenvalue weighted by Crippen LogP contribution is -2.53. The number of anilines is 1. The SMILES string of the molecule is CCCCCCCCCCCCOc1ccc(Cl)cc1NC(=O)C(C(=O)c1noc2c1CCCC2)N1C(=O)OC(C)(C)C1=O. The van der Waals surface area contributed by atoms with E-state index >= 15 is 0 Å². The Kier molecular flexibility index (Phi) is 11.8. The molecule has 0 spiro atoms. The lowest BCUT2D eigenvalue weighted by atomic mass is 9.93. The number of unbranched alkanes of at least 4 members (excludes halogenated alkanes) is 9. The summed E-state index contributed by atoms with van der Waals surface area (Å²) < 4.78 is 16.6. The molecule has 11 heteroatoms. The van der Waals surface area contributed by atoms with Crippen LogP contribution in [0.2, 0.25) is 5.02 Å². The van der Waals surface area contributed by atoms with Crippen LogP contribution >= 0.6 is 11.6 Å². The number of fused-ring (bicyclic) bond motifs is 1. The first-order valence-corrected chi connectivity index (χ1v) is 16.3. The number of aromatic nitrogens is 1. The van der Waals surface area contributed by atoms with E-state index in [1.807, 2.05) is 0 Å². The molecule has 1 N–H and O–H groups in total. The summed E-state index contributed by atoms with van der Waals surface area (Å²) in [7, 11) is 0. The molecule has 240 valence electrons. The van der Waals surface area contributed by atoms with Gasteiger partial charge in [0, 0.05) is 17.0 Å². The second-order valence-corrected chi connectivity index (χ2v) is 12.6. The van der Waals surface area contributed by atoms with Gasteiger partial charge in [0.25, 0.3) is 11.8 Å². The van der Waals surface area contributed by atoms with E-state index in [9.17, 15) is 19.2 Å². The highest BCUT2D eigenvalue weighted by atomic mass is 35.5. The lowest BCUT2D eigenvalue weighted by Gasteiger charge is -2.23. The molecule has 10 nitrogen and oxygen atoms in total. The van der Waals surface area contributed by atoms with Crippen LogP contribution in [-0.2, 0) is 27.2 Å². The number of carbonyl (C=O) groups excluding carboxylic acids is 4. The van der Waals surface area contributed by atoms with Gasteiger partial charge in [-0.1, -0.05) is 81.5 Å². The summed E-state index contributed by atoms with van der Waals surface area (Å²) in [5.74, 6) is -1.62. The molecule has 3 amide bonds. The van der Waals surface area contributed by atoms with Gasteiger partial charge in [0.15, 0.2) is 17.3 Å². The van der Waals surface area contributed by atoms with Crippen LogP contribution in [0.25, 0.3) is 0 Å².